The molecule has 5 heteroatoms. The standard InChI is InChI=1S/C16H17N3O2/c1-4-19-14-6-5-12(20)8-13(14)17-15(19)11-7-10(2)16(21)18(3)9-11/h5-9,20H,4H2,1-3H3. The van der Waals surface area contributed by atoms with Gasteiger partial charge in [-0.25, -0.2) is 4.98 Å². The van der Waals surface area contributed by atoms with E-state index in [1.165, 1.54) is 0 Å². The number of fused-ring (bicyclic) bond motifs is 1. The van der Waals surface area contributed by atoms with Crippen LogP contribution < -0.4 is 5.56 Å². The maximum atomic E-state index is 11.8. The molecule has 0 aliphatic rings. The van der Waals surface area contributed by atoms with Gasteiger partial charge in [0.25, 0.3) is 5.56 Å². The summed E-state index contributed by atoms with van der Waals surface area (Å²) in [5, 5.41) is 9.60. The van der Waals surface area contributed by atoms with E-state index >= 15 is 0 Å². The number of hydrogen-bond acceptors (Lipinski definition) is 3. The molecule has 3 aromatic rings. The predicted molar refractivity (Wildman–Crippen MR) is 82.5 cm³/mol. The third-order valence-electron chi connectivity index (χ3n) is 3.67. The lowest BCUT2D eigenvalue weighted by molar-refractivity contribution is 0.476. The van der Waals surface area contributed by atoms with Crippen LogP contribution in [0, 0.1) is 6.92 Å². The summed E-state index contributed by atoms with van der Waals surface area (Å²) in [5.74, 6) is 1.00. The van der Waals surface area contributed by atoms with Gasteiger partial charge in [-0.3, -0.25) is 4.79 Å². The molecular formula is C16H17N3O2. The third kappa shape index (κ3) is 2.11. The van der Waals surface area contributed by atoms with E-state index in [4.69, 9.17) is 0 Å². The Kier molecular flexibility index (Phi) is 3.05. The number of phenolic OH excluding ortho intramolecular Hbond substituents is 1. The number of rotatable bonds is 2. The predicted octanol–water partition coefficient (Wildman–Crippen LogP) is 2.44. The van der Waals surface area contributed by atoms with Crippen LogP contribution in [0.1, 0.15) is 12.5 Å². The summed E-state index contributed by atoms with van der Waals surface area (Å²) >= 11 is 0. The number of aromatic nitrogens is 3. The Balaban J connectivity index is 2.32. The SMILES string of the molecule is CCn1c(-c2cc(C)c(=O)n(C)c2)nc2cc(O)ccc21. The Morgan fingerprint density at radius 1 is 1.29 bits per heavy atom. The molecule has 0 bridgehead atoms. The van der Waals surface area contributed by atoms with Crippen LogP contribution >= 0.6 is 0 Å². The highest BCUT2D eigenvalue weighted by molar-refractivity contribution is 5.81. The number of aryl methyl sites for hydroxylation is 3. The van der Waals surface area contributed by atoms with E-state index in [2.05, 4.69) is 9.55 Å². The first-order valence-electron chi connectivity index (χ1n) is 6.88. The number of benzene rings is 1. The molecule has 0 radical (unpaired) electrons. The van der Waals surface area contributed by atoms with Gasteiger partial charge in [0.1, 0.15) is 11.6 Å². The van der Waals surface area contributed by atoms with E-state index in [1.54, 1.807) is 36.9 Å². The molecule has 0 fully saturated rings. The number of hydrogen-bond donors (Lipinski definition) is 1. The van der Waals surface area contributed by atoms with E-state index < -0.39 is 0 Å². The summed E-state index contributed by atoms with van der Waals surface area (Å²) in [5.41, 5.74) is 3.30. The zero-order valence-corrected chi connectivity index (χ0v) is 12.3. The molecule has 108 valence electrons. The molecule has 2 aromatic heterocycles. The molecule has 1 aromatic carbocycles. The van der Waals surface area contributed by atoms with Gasteiger partial charge in [0.05, 0.1) is 11.0 Å². The van der Waals surface area contributed by atoms with Crippen molar-refractivity contribution in [1.82, 2.24) is 14.1 Å². The molecule has 0 unspecified atom stereocenters. The summed E-state index contributed by atoms with van der Waals surface area (Å²) in [4.78, 5) is 16.4. The number of pyridine rings is 1. The van der Waals surface area contributed by atoms with Gasteiger partial charge in [-0.05, 0) is 32.0 Å². The molecule has 0 amide bonds. The lowest BCUT2D eigenvalue weighted by atomic mass is 10.2. The van der Waals surface area contributed by atoms with Crippen LogP contribution in [-0.4, -0.2) is 19.2 Å². The van der Waals surface area contributed by atoms with E-state index in [-0.39, 0.29) is 11.3 Å². The number of nitrogens with zero attached hydrogens (tertiary/aromatic N) is 3. The lowest BCUT2D eigenvalue weighted by Crippen LogP contribution is -2.18. The van der Waals surface area contributed by atoms with Crippen molar-refractivity contribution in [2.24, 2.45) is 7.05 Å². The molecule has 0 aliphatic heterocycles. The summed E-state index contributed by atoms with van der Waals surface area (Å²) < 4.78 is 3.65. The quantitative estimate of drug-likeness (QED) is 0.785. The monoisotopic (exact) mass is 283 g/mol. The highest BCUT2D eigenvalue weighted by atomic mass is 16.3. The van der Waals surface area contributed by atoms with Crippen molar-refractivity contribution in [3.8, 4) is 17.1 Å². The second-order valence-electron chi connectivity index (χ2n) is 5.18. The lowest BCUT2D eigenvalue weighted by Gasteiger charge is -2.08. The van der Waals surface area contributed by atoms with E-state index in [0.29, 0.717) is 5.56 Å². The fourth-order valence-corrected chi connectivity index (χ4v) is 2.66. The molecule has 0 atom stereocenters. The van der Waals surface area contributed by atoms with E-state index in [0.717, 1.165) is 29.0 Å². The minimum Gasteiger partial charge on any atom is -0.508 e. The van der Waals surface area contributed by atoms with Crippen LogP contribution in [0.4, 0.5) is 0 Å². The summed E-state index contributed by atoms with van der Waals surface area (Å²) in [6, 6.07) is 7.03. The normalized spacial score (nSPS) is 11.2. The average molecular weight is 283 g/mol. The maximum Gasteiger partial charge on any atom is 0.253 e. The van der Waals surface area contributed by atoms with Gasteiger partial charge >= 0.3 is 0 Å². The first-order valence-corrected chi connectivity index (χ1v) is 6.88. The van der Waals surface area contributed by atoms with Gasteiger partial charge in [-0.1, -0.05) is 0 Å². The smallest absolute Gasteiger partial charge is 0.253 e. The molecule has 0 saturated carbocycles. The third-order valence-corrected chi connectivity index (χ3v) is 3.67. The zero-order chi connectivity index (χ0) is 15.1. The molecule has 21 heavy (non-hydrogen) atoms. The van der Waals surface area contributed by atoms with Crippen LogP contribution in [0.5, 0.6) is 5.75 Å². The molecule has 1 N–H and O–H groups in total. The van der Waals surface area contributed by atoms with Crippen molar-refractivity contribution in [1.29, 1.82) is 0 Å². The molecule has 0 saturated heterocycles. The average Bonchev–Trinajstić information content (AvgIpc) is 2.81. The fourth-order valence-electron chi connectivity index (χ4n) is 2.66. The van der Waals surface area contributed by atoms with Crippen LogP contribution in [0.15, 0.2) is 35.3 Å². The topological polar surface area (TPSA) is 60.0 Å². The second-order valence-corrected chi connectivity index (χ2v) is 5.18. The molecule has 2 heterocycles. The van der Waals surface area contributed by atoms with Crippen LogP contribution in [0.3, 0.4) is 0 Å². The van der Waals surface area contributed by atoms with Crippen LogP contribution in [0.25, 0.3) is 22.4 Å². The summed E-state index contributed by atoms with van der Waals surface area (Å²) in [6.07, 6.45) is 1.79. The Hall–Kier alpha value is -2.56. The maximum absolute atomic E-state index is 11.8. The van der Waals surface area contributed by atoms with Crippen molar-refractivity contribution < 1.29 is 5.11 Å². The van der Waals surface area contributed by atoms with Crippen LogP contribution in [-0.2, 0) is 13.6 Å². The van der Waals surface area contributed by atoms with Crippen LogP contribution in [0.2, 0.25) is 0 Å². The zero-order valence-electron chi connectivity index (χ0n) is 12.3. The number of phenols is 1. The fraction of sp³-hybridized carbons (Fsp3) is 0.250. The van der Waals surface area contributed by atoms with Crippen molar-refractivity contribution in [2.75, 3.05) is 0 Å². The van der Waals surface area contributed by atoms with Crippen molar-refractivity contribution in [2.45, 2.75) is 20.4 Å². The number of imidazole rings is 1. The minimum atomic E-state index is -0.00412. The molecule has 0 aliphatic carbocycles. The molecular weight excluding hydrogens is 266 g/mol. The largest absolute Gasteiger partial charge is 0.508 e. The van der Waals surface area contributed by atoms with E-state index in [9.17, 15) is 9.90 Å². The number of aromatic hydroxyl groups is 1. The first kappa shape index (κ1) is 13.4. The highest BCUT2D eigenvalue weighted by Crippen LogP contribution is 2.26. The van der Waals surface area contributed by atoms with E-state index in [1.807, 2.05) is 19.1 Å². The van der Waals surface area contributed by atoms with Gasteiger partial charge in [0.2, 0.25) is 0 Å². The Labute approximate surface area is 122 Å². The Bertz CT molecular complexity index is 864. The van der Waals surface area contributed by atoms with Crippen molar-refractivity contribution in [3.05, 3.63) is 46.4 Å². The molecule has 3 rings (SSSR count). The van der Waals surface area contributed by atoms with Crippen molar-refractivity contribution >= 4 is 11.0 Å². The second kappa shape index (κ2) is 4.77. The van der Waals surface area contributed by atoms with Gasteiger partial charge in [-0.15, -0.1) is 0 Å². The minimum absolute atomic E-state index is 0.00412. The summed E-state index contributed by atoms with van der Waals surface area (Å²) in [6.45, 7) is 4.61. The Morgan fingerprint density at radius 3 is 2.71 bits per heavy atom. The van der Waals surface area contributed by atoms with Crippen molar-refractivity contribution in [3.63, 3.8) is 0 Å². The van der Waals surface area contributed by atoms with Gasteiger partial charge < -0.3 is 14.2 Å². The molecule has 0 spiro atoms. The van der Waals surface area contributed by atoms with Gasteiger partial charge in [0, 0.05) is 37.0 Å². The van der Waals surface area contributed by atoms with Gasteiger partial charge in [0.15, 0.2) is 0 Å². The molecule has 5 nitrogen and oxygen atoms in total. The first-order chi connectivity index (χ1) is 10.0. The van der Waals surface area contributed by atoms with Gasteiger partial charge in [-0.2, -0.15) is 0 Å². The summed E-state index contributed by atoms with van der Waals surface area (Å²) in [7, 11) is 1.74. The Morgan fingerprint density at radius 2 is 2.05 bits per heavy atom. The highest BCUT2D eigenvalue weighted by Gasteiger charge is 2.13.